The van der Waals surface area contributed by atoms with Crippen LogP contribution in [-0.2, 0) is 27.8 Å². The molecule has 148 valence electrons. The molecule has 2 heterocycles. The number of nitrogens with zero attached hydrogens (tertiary/aromatic N) is 4. The highest BCUT2D eigenvalue weighted by molar-refractivity contribution is 7.99. The zero-order chi connectivity index (χ0) is 20.1. The maximum atomic E-state index is 12.6. The third-order valence-electron chi connectivity index (χ3n) is 4.42. The van der Waals surface area contributed by atoms with Gasteiger partial charge in [-0.2, -0.15) is 0 Å². The van der Waals surface area contributed by atoms with Crippen LogP contribution in [0.15, 0.2) is 29.4 Å². The summed E-state index contributed by atoms with van der Waals surface area (Å²) in [5.41, 5.74) is 1.31. The molecule has 0 saturated carbocycles. The number of aromatic nitrogens is 3. The molecule has 0 atom stereocenters. The van der Waals surface area contributed by atoms with E-state index in [4.69, 9.17) is 4.74 Å². The maximum absolute atomic E-state index is 12.6. The molecule has 1 fully saturated rings. The van der Waals surface area contributed by atoms with E-state index in [1.807, 2.05) is 6.07 Å². The van der Waals surface area contributed by atoms with Crippen molar-refractivity contribution < 1.29 is 19.1 Å². The van der Waals surface area contributed by atoms with E-state index < -0.39 is 0 Å². The molecular weight excluding hydrogens is 380 g/mol. The normalized spacial score (nSPS) is 13.8. The van der Waals surface area contributed by atoms with Crippen LogP contribution >= 0.6 is 11.8 Å². The van der Waals surface area contributed by atoms with E-state index in [1.165, 1.54) is 11.8 Å². The van der Waals surface area contributed by atoms with Gasteiger partial charge in [-0.25, -0.2) is 0 Å². The first-order chi connectivity index (χ1) is 13.5. The van der Waals surface area contributed by atoms with Crippen molar-refractivity contribution in [3.8, 4) is 0 Å². The van der Waals surface area contributed by atoms with Crippen LogP contribution in [0.25, 0.3) is 0 Å². The van der Waals surface area contributed by atoms with Gasteiger partial charge in [0.05, 0.1) is 12.4 Å². The van der Waals surface area contributed by atoms with Gasteiger partial charge in [-0.05, 0) is 25.5 Å². The number of amides is 1. The molecule has 1 aliphatic rings. The SMILES string of the molecule is CCOC(=O)Cc1nnc(SCC(=O)c2cccc(N3CCCC3=O)c2)n1C. The summed E-state index contributed by atoms with van der Waals surface area (Å²) in [7, 11) is 1.75. The Kier molecular flexibility index (Phi) is 6.45. The number of hydrogen-bond donors (Lipinski definition) is 0. The maximum Gasteiger partial charge on any atom is 0.313 e. The Bertz CT molecular complexity index is 896. The van der Waals surface area contributed by atoms with Crippen LogP contribution in [0.3, 0.4) is 0 Å². The quantitative estimate of drug-likeness (QED) is 0.379. The van der Waals surface area contributed by atoms with Gasteiger partial charge in [-0.15, -0.1) is 10.2 Å². The lowest BCUT2D eigenvalue weighted by Crippen LogP contribution is -2.23. The van der Waals surface area contributed by atoms with Gasteiger partial charge in [0.15, 0.2) is 10.9 Å². The fourth-order valence-corrected chi connectivity index (χ4v) is 3.77. The minimum Gasteiger partial charge on any atom is -0.466 e. The Morgan fingerprint density at radius 3 is 2.82 bits per heavy atom. The third-order valence-corrected chi connectivity index (χ3v) is 5.44. The van der Waals surface area contributed by atoms with Crippen LogP contribution in [-0.4, -0.2) is 51.3 Å². The summed E-state index contributed by atoms with van der Waals surface area (Å²) in [6, 6.07) is 7.14. The van der Waals surface area contributed by atoms with Crippen molar-refractivity contribution in [3.05, 3.63) is 35.7 Å². The molecule has 1 aliphatic heterocycles. The van der Waals surface area contributed by atoms with E-state index in [-0.39, 0.29) is 29.8 Å². The number of benzene rings is 1. The Labute approximate surface area is 167 Å². The summed E-state index contributed by atoms with van der Waals surface area (Å²) in [4.78, 5) is 37.8. The lowest BCUT2D eigenvalue weighted by atomic mass is 10.1. The number of thioether (sulfide) groups is 1. The van der Waals surface area contributed by atoms with Gasteiger partial charge in [0.1, 0.15) is 12.2 Å². The Morgan fingerprint density at radius 2 is 2.11 bits per heavy atom. The second kappa shape index (κ2) is 9.01. The van der Waals surface area contributed by atoms with Crippen molar-refractivity contribution >= 4 is 35.1 Å². The zero-order valence-electron chi connectivity index (χ0n) is 15.9. The minimum absolute atomic E-state index is 0.0394. The standard InChI is InChI=1S/C19H22N4O4S/c1-3-27-18(26)11-16-20-21-19(22(16)2)28-12-15(24)13-6-4-7-14(10-13)23-9-5-8-17(23)25/h4,6-7,10H,3,5,8-9,11-12H2,1-2H3. The average Bonchev–Trinajstić information content (AvgIpc) is 3.26. The van der Waals surface area contributed by atoms with E-state index in [0.29, 0.717) is 36.1 Å². The molecule has 3 rings (SSSR count). The minimum atomic E-state index is -0.362. The molecule has 2 aromatic rings. The summed E-state index contributed by atoms with van der Waals surface area (Å²) in [6.07, 6.45) is 1.43. The first-order valence-electron chi connectivity index (χ1n) is 9.10. The second-order valence-electron chi connectivity index (χ2n) is 6.35. The largest absolute Gasteiger partial charge is 0.466 e. The van der Waals surface area contributed by atoms with Gasteiger partial charge in [-0.3, -0.25) is 14.4 Å². The third kappa shape index (κ3) is 4.59. The highest BCUT2D eigenvalue weighted by atomic mass is 32.2. The molecule has 1 aromatic carbocycles. The van der Waals surface area contributed by atoms with Crippen LogP contribution in [0.2, 0.25) is 0 Å². The summed E-state index contributed by atoms with van der Waals surface area (Å²) in [5.74, 6) is 0.338. The van der Waals surface area contributed by atoms with Crippen LogP contribution in [0, 0.1) is 0 Å². The molecule has 0 N–H and O–H groups in total. The van der Waals surface area contributed by atoms with E-state index in [1.54, 1.807) is 41.6 Å². The number of carbonyl (C=O) groups excluding carboxylic acids is 3. The summed E-state index contributed by atoms with van der Waals surface area (Å²) in [5, 5.41) is 8.60. The molecule has 0 aliphatic carbocycles. The van der Waals surface area contributed by atoms with Crippen molar-refractivity contribution in [3.63, 3.8) is 0 Å². The lowest BCUT2D eigenvalue weighted by Gasteiger charge is -2.16. The average molecular weight is 402 g/mol. The highest BCUT2D eigenvalue weighted by Crippen LogP contribution is 2.24. The van der Waals surface area contributed by atoms with E-state index in [9.17, 15) is 14.4 Å². The summed E-state index contributed by atoms with van der Waals surface area (Å²) < 4.78 is 6.61. The fraction of sp³-hybridized carbons (Fsp3) is 0.421. The number of Topliss-reactive ketones (excluding diaryl/α,β-unsaturated/α-hetero) is 1. The molecule has 0 spiro atoms. The molecule has 8 nitrogen and oxygen atoms in total. The van der Waals surface area contributed by atoms with Crippen molar-refractivity contribution in [2.45, 2.75) is 31.3 Å². The molecule has 1 amide bonds. The van der Waals surface area contributed by atoms with Crippen molar-refractivity contribution in [1.82, 2.24) is 14.8 Å². The molecule has 28 heavy (non-hydrogen) atoms. The highest BCUT2D eigenvalue weighted by Gasteiger charge is 2.22. The van der Waals surface area contributed by atoms with Crippen molar-refractivity contribution in [1.29, 1.82) is 0 Å². The molecule has 1 aromatic heterocycles. The first-order valence-corrected chi connectivity index (χ1v) is 10.1. The van der Waals surface area contributed by atoms with Crippen LogP contribution in [0.5, 0.6) is 0 Å². The number of carbonyl (C=O) groups is 3. The predicted molar refractivity (Wildman–Crippen MR) is 104 cm³/mol. The number of ether oxygens (including phenoxy) is 1. The predicted octanol–water partition coefficient (Wildman–Crippen LogP) is 2.02. The van der Waals surface area contributed by atoms with E-state index >= 15 is 0 Å². The number of esters is 1. The van der Waals surface area contributed by atoms with Gasteiger partial charge < -0.3 is 14.2 Å². The van der Waals surface area contributed by atoms with Gasteiger partial charge in [0, 0.05) is 31.3 Å². The van der Waals surface area contributed by atoms with Crippen LogP contribution in [0.1, 0.15) is 35.9 Å². The van der Waals surface area contributed by atoms with Crippen molar-refractivity contribution in [2.75, 3.05) is 23.8 Å². The summed E-state index contributed by atoms with van der Waals surface area (Å²) in [6.45, 7) is 2.75. The number of hydrogen-bond acceptors (Lipinski definition) is 7. The Morgan fingerprint density at radius 1 is 1.29 bits per heavy atom. The van der Waals surface area contributed by atoms with E-state index in [0.717, 1.165) is 12.1 Å². The van der Waals surface area contributed by atoms with Gasteiger partial charge in [0.25, 0.3) is 0 Å². The number of rotatable bonds is 8. The lowest BCUT2D eigenvalue weighted by molar-refractivity contribution is -0.142. The fourth-order valence-electron chi connectivity index (χ4n) is 2.95. The zero-order valence-corrected chi connectivity index (χ0v) is 16.7. The first kappa shape index (κ1) is 20.1. The molecule has 0 bridgehead atoms. The number of ketones is 1. The van der Waals surface area contributed by atoms with Gasteiger partial charge >= 0.3 is 5.97 Å². The van der Waals surface area contributed by atoms with Gasteiger partial charge in [-0.1, -0.05) is 23.9 Å². The Hall–Kier alpha value is -2.68. The molecule has 9 heteroatoms. The monoisotopic (exact) mass is 402 g/mol. The topological polar surface area (TPSA) is 94.4 Å². The number of anilines is 1. The molecule has 0 unspecified atom stereocenters. The molecular formula is C19H22N4O4S. The molecule has 1 saturated heterocycles. The van der Waals surface area contributed by atoms with Crippen LogP contribution in [0.4, 0.5) is 5.69 Å². The van der Waals surface area contributed by atoms with Crippen molar-refractivity contribution in [2.24, 2.45) is 7.05 Å². The summed E-state index contributed by atoms with van der Waals surface area (Å²) >= 11 is 1.26. The smallest absolute Gasteiger partial charge is 0.313 e. The second-order valence-corrected chi connectivity index (χ2v) is 7.29. The van der Waals surface area contributed by atoms with Crippen LogP contribution < -0.4 is 4.90 Å². The van der Waals surface area contributed by atoms with E-state index in [2.05, 4.69) is 10.2 Å². The Balaban J connectivity index is 1.62. The van der Waals surface area contributed by atoms with Gasteiger partial charge in [0.2, 0.25) is 5.91 Å². The molecule has 0 radical (unpaired) electrons.